The number of fused-ring (bicyclic) bond motifs is 1. The summed E-state index contributed by atoms with van der Waals surface area (Å²) in [5.74, 6) is -1.63. The summed E-state index contributed by atoms with van der Waals surface area (Å²) in [5.41, 5.74) is 0.864. The van der Waals surface area contributed by atoms with E-state index in [1.165, 1.54) is 12.4 Å². The zero-order valence-electron chi connectivity index (χ0n) is 15.5. The molecule has 1 aliphatic heterocycles. The van der Waals surface area contributed by atoms with E-state index in [4.69, 9.17) is 0 Å². The van der Waals surface area contributed by atoms with Crippen molar-refractivity contribution in [3.8, 4) is 5.75 Å². The standard InChI is InChI=1S/C18H16F4N6O2/c19-13-2-1-12(9-14(13)30-18(20,21)22)10-17(29)27-7-5-26(6-8-27)16-4-3-15-24-23-11-28(15)25-16/h1-4,9,11H,5-8,10H2. The lowest BCUT2D eigenvalue weighted by Gasteiger charge is -2.35. The van der Waals surface area contributed by atoms with Crippen molar-refractivity contribution in [1.82, 2.24) is 24.7 Å². The van der Waals surface area contributed by atoms with Gasteiger partial charge in [-0.2, -0.15) is 4.52 Å². The molecule has 30 heavy (non-hydrogen) atoms. The number of amides is 1. The van der Waals surface area contributed by atoms with Crippen molar-refractivity contribution >= 4 is 17.4 Å². The van der Waals surface area contributed by atoms with Gasteiger partial charge in [0.1, 0.15) is 12.1 Å². The van der Waals surface area contributed by atoms with E-state index >= 15 is 0 Å². The predicted octanol–water partition coefficient (Wildman–Crippen LogP) is 2.05. The van der Waals surface area contributed by atoms with Crippen LogP contribution >= 0.6 is 0 Å². The van der Waals surface area contributed by atoms with Crippen LogP contribution < -0.4 is 9.64 Å². The van der Waals surface area contributed by atoms with Crippen LogP contribution in [0.1, 0.15) is 5.56 Å². The van der Waals surface area contributed by atoms with Gasteiger partial charge in [0.2, 0.25) is 5.91 Å². The van der Waals surface area contributed by atoms with Crippen molar-refractivity contribution in [2.75, 3.05) is 31.1 Å². The fourth-order valence-electron chi connectivity index (χ4n) is 3.22. The summed E-state index contributed by atoms with van der Waals surface area (Å²) in [6.07, 6.45) is -3.67. The van der Waals surface area contributed by atoms with Gasteiger partial charge in [0.15, 0.2) is 17.2 Å². The Hall–Kier alpha value is -3.44. The average molecular weight is 424 g/mol. The Balaban J connectivity index is 1.37. The zero-order chi connectivity index (χ0) is 21.3. The van der Waals surface area contributed by atoms with Gasteiger partial charge in [0, 0.05) is 26.2 Å². The highest BCUT2D eigenvalue weighted by Crippen LogP contribution is 2.27. The number of rotatable bonds is 4. The van der Waals surface area contributed by atoms with Gasteiger partial charge in [-0.05, 0) is 29.8 Å². The molecule has 1 aromatic carbocycles. The summed E-state index contributed by atoms with van der Waals surface area (Å²) >= 11 is 0. The number of carbonyl (C=O) groups is 1. The fraction of sp³-hybridized carbons (Fsp3) is 0.333. The van der Waals surface area contributed by atoms with Crippen LogP contribution in [0.4, 0.5) is 23.4 Å². The number of hydrogen-bond acceptors (Lipinski definition) is 6. The maximum Gasteiger partial charge on any atom is 0.573 e. The third-order valence-electron chi connectivity index (χ3n) is 4.68. The van der Waals surface area contributed by atoms with Crippen molar-refractivity contribution in [3.63, 3.8) is 0 Å². The highest BCUT2D eigenvalue weighted by Gasteiger charge is 2.32. The molecule has 0 N–H and O–H groups in total. The van der Waals surface area contributed by atoms with Gasteiger partial charge in [-0.1, -0.05) is 6.07 Å². The monoisotopic (exact) mass is 424 g/mol. The molecule has 1 amide bonds. The second-order valence-electron chi connectivity index (χ2n) is 6.68. The van der Waals surface area contributed by atoms with Crippen LogP contribution in [0.2, 0.25) is 0 Å². The summed E-state index contributed by atoms with van der Waals surface area (Å²) in [5, 5.41) is 12.1. The number of halogens is 4. The van der Waals surface area contributed by atoms with Crippen LogP contribution in [0.5, 0.6) is 5.75 Å². The van der Waals surface area contributed by atoms with E-state index in [9.17, 15) is 22.4 Å². The van der Waals surface area contributed by atoms with Crippen LogP contribution in [-0.4, -0.2) is 63.2 Å². The van der Waals surface area contributed by atoms with E-state index in [1.807, 2.05) is 11.0 Å². The summed E-state index contributed by atoms with van der Waals surface area (Å²) in [7, 11) is 0. The SMILES string of the molecule is O=C(Cc1ccc(F)c(OC(F)(F)F)c1)N1CCN(c2ccc3nncn3n2)CC1. The number of ether oxygens (including phenoxy) is 1. The Labute approximate surface area is 167 Å². The molecule has 0 spiro atoms. The van der Waals surface area contributed by atoms with Gasteiger partial charge < -0.3 is 14.5 Å². The zero-order valence-corrected chi connectivity index (χ0v) is 15.5. The van der Waals surface area contributed by atoms with Gasteiger partial charge in [0.05, 0.1) is 6.42 Å². The van der Waals surface area contributed by atoms with Crippen LogP contribution in [0, 0.1) is 5.82 Å². The highest BCUT2D eigenvalue weighted by atomic mass is 19.4. The van der Waals surface area contributed by atoms with Crippen molar-refractivity contribution in [1.29, 1.82) is 0 Å². The average Bonchev–Trinajstić information content (AvgIpc) is 3.17. The molecule has 1 aliphatic rings. The lowest BCUT2D eigenvalue weighted by Crippen LogP contribution is -2.49. The molecule has 158 valence electrons. The largest absolute Gasteiger partial charge is 0.573 e. The first kappa shape index (κ1) is 19.9. The minimum absolute atomic E-state index is 0.153. The normalized spacial score (nSPS) is 14.9. The molecule has 0 radical (unpaired) electrons. The second kappa shape index (κ2) is 7.76. The smallest absolute Gasteiger partial charge is 0.403 e. The Morgan fingerprint density at radius 3 is 2.60 bits per heavy atom. The molecule has 12 heteroatoms. The van der Waals surface area contributed by atoms with Gasteiger partial charge in [-0.25, -0.2) is 4.39 Å². The number of hydrogen-bond donors (Lipinski definition) is 0. The second-order valence-corrected chi connectivity index (χ2v) is 6.68. The van der Waals surface area contributed by atoms with Crippen molar-refractivity contribution < 1.29 is 27.1 Å². The molecule has 3 aromatic rings. The van der Waals surface area contributed by atoms with Crippen molar-refractivity contribution in [3.05, 3.63) is 48.0 Å². The van der Waals surface area contributed by atoms with Gasteiger partial charge in [-0.15, -0.1) is 28.5 Å². The highest BCUT2D eigenvalue weighted by molar-refractivity contribution is 5.79. The lowest BCUT2D eigenvalue weighted by atomic mass is 10.1. The Kier molecular flexibility index (Phi) is 5.14. The van der Waals surface area contributed by atoms with E-state index in [2.05, 4.69) is 20.0 Å². The Morgan fingerprint density at radius 1 is 1.10 bits per heavy atom. The first-order valence-corrected chi connectivity index (χ1v) is 9.02. The van der Waals surface area contributed by atoms with Crippen LogP contribution in [0.15, 0.2) is 36.7 Å². The molecule has 0 atom stereocenters. The molecule has 0 aliphatic carbocycles. The molecular formula is C18H16F4N6O2. The molecule has 0 saturated carbocycles. The number of anilines is 1. The summed E-state index contributed by atoms with van der Waals surface area (Å²) in [4.78, 5) is 16.2. The maximum absolute atomic E-state index is 13.5. The van der Waals surface area contributed by atoms with E-state index in [1.54, 1.807) is 15.5 Å². The van der Waals surface area contributed by atoms with Crippen molar-refractivity contribution in [2.24, 2.45) is 0 Å². The summed E-state index contributed by atoms with van der Waals surface area (Å²) in [6, 6.07) is 6.64. The first-order valence-electron chi connectivity index (χ1n) is 9.02. The molecule has 0 bridgehead atoms. The fourth-order valence-corrected chi connectivity index (χ4v) is 3.22. The number of carbonyl (C=O) groups excluding carboxylic acids is 1. The topological polar surface area (TPSA) is 75.9 Å². The number of alkyl halides is 3. The first-order chi connectivity index (χ1) is 14.3. The molecule has 1 saturated heterocycles. The van der Waals surface area contributed by atoms with Gasteiger partial charge in [-0.3, -0.25) is 4.79 Å². The maximum atomic E-state index is 13.5. The van der Waals surface area contributed by atoms with Crippen LogP contribution in [0.25, 0.3) is 5.65 Å². The third kappa shape index (κ3) is 4.42. The Morgan fingerprint density at radius 2 is 1.87 bits per heavy atom. The number of aromatic nitrogens is 4. The summed E-state index contributed by atoms with van der Waals surface area (Å²) in [6.45, 7) is 1.93. The summed E-state index contributed by atoms with van der Waals surface area (Å²) < 4.78 is 55.9. The number of benzene rings is 1. The molecule has 1 fully saturated rings. The molecule has 3 heterocycles. The van der Waals surface area contributed by atoms with E-state index < -0.39 is 17.9 Å². The van der Waals surface area contributed by atoms with Gasteiger partial charge >= 0.3 is 6.36 Å². The lowest BCUT2D eigenvalue weighted by molar-refractivity contribution is -0.275. The minimum Gasteiger partial charge on any atom is -0.403 e. The number of nitrogens with zero attached hydrogens (tertiary/aromatic N) is 6. The van der Waals surface area contributed by atoms with Crippen molar-refractivity contribution in [2.45, 2.75) is 12.8 Å². The van der Waals surface area contributed by atoms with E-state index in [0.29, 0.717) is 31.8 Å². The third-order valence-corrected chi connectivity index (χ3v) is 4.68. The molecule has 2 aromatic heterocycles. The molecule has 0 unspecified atom stereocenters. The van der Waals surface area contributed by atoms with E-state index in [-0.39, 0.29) is 17.9 Å². The minimum atomic E-state index is -5.01. The molecule has 8 nitrogen and oxygen atoms in total. The molecular weight excluding hydrogens is 408 g/mol. The van der Waals surface area contributed by atoms with Crippen LogP contribution in [0.3, 0.4) is 0 Å². The Bertz CT molecular complexity index is 1060. The number of piperazine rings is 1. The van der Waals surface area contributed by atoms with Crippen LogP contribution in [-0.2, 0) is 11.2 Å². The van der Waals surface area contributed by atoms with E-state index in [0.717, 1.165) is 18.0 Å². The van der Waals surface area contributed by atoms with Gasteiger partial charge in [0.25, 0.3) is 0 Å². The molecule has 4 rings (SSSR count). The predicted molar refractivity (Wildman–Crippen MR) is 96.4 cm³/mol. The quantitative estimate of drug-likeness (QED) is 0.597.